The van der Waals surface area contributed by atoms with Crippen LogP contribution in [-0.2, 0) is 22.5 Å². The number of benzene rings is 1. The first-order chi connectivity index (χ1) is 10.7. The largest absolute Gasteiger partial charge is 0.481 e. The van der Waals surface area contributed by atoms with Crippen LogP contribution >= 0.6 is 0 Å². The molecule has 23 heavy (non-hydrogen) atoms. The average molecular weight is 319 g/mol. The lowest BCUT2D eigenvalue weighted by molar-refractivity contribution is -0.136. The van der Waals surface area contributed by atoms with E-state index in [4.69, 9.17) is 9.84 Å². The Kier molecular flexibility index (Phi) is 5.29. The number of ether oxygens (including phenoxy) is 1. The minimum atomic E-state index is -0.793. The van der Waals surface area contributed by atoms with Crippen molar-refractivity contribution in [2.75, 3.05) is 0 Å². The zero-order chi connectivity index (χ0) is 17.0. The Morgan fingerprint density at radius 1 is 1.17 bits per heavy atom. The third-order valence-electron chi connectivity index (χ3n) is 3.62. The molecule has 0 radical (unpaired) electrons. The van der Waals surface area contributed by atoms with Crippen LogP contribution in [-0.4, -0.2) is 33.7 Å². The van der Waals surface area contributed by atoms with E-state index in [2.05, 4.69) is 0 Å². The number of carbonyl (C=O) groups excluding carboxylic acids is 1. The number of rotatable bonds is 6. The molecule has 0 unspecified atom stereocenters. The Balaban J connectivity index is 1.97. The van der Waals surface area contributed by atoms with Gasteiger partial charge in [-0.25, -0.2) is 4.79 Å². The van der Waals surface area contributed by atoms with Crippen LogP contribution in [0.1, 0.15) is 51.2 Å². The quantitative estimate of drug-likeness (QED) is 0.870. The topological polar surface area (TPSA) is 66.8 Å². The number of carbonyl (C=O) groups is 2. The van der Waals surface area contributed by atoms with Crippen molar-refractivity contribution in [3.05, 3.63) is 35.4 Å². The first-order valence-electron chi connectivity index (χ1n) is 8.04. The molecule has 0 atom stereocenters. The molecule has 0 spiro atoms. The third kappa shape index (κ3) is 5.93. The molecule has 126 valence electrons. The summed E-state index contributed by atoms with van der Waals surface area (Å²) in [6, 6.07) is 8.04. The average Bonchev–Trinajstić information content (AvgIpc) is 3.26. The molecule has 1 aliphatic carbocycles. The molecule has 0 aromatic heterocycles. The van der Waals surface area contributed by atoms with Crippen LogP contribution in [0.4, 0.5) is 4.79 Å². The third-order valence-corrected chi connectivity index (χ3v) is 3.62. The highest BCUT2D eigenvalue weighted by atomic mass is 16.6. The van der Waals surface area contributed by atoms with E-state index in [1.165, 1.54) is 0 Å². The maximum atomic E-state index is 12.3. The minimum absolute atomic E-state index is 0.130. The highest BCUT2D eigenvalue weighted by Crippen LogP contribution is 2.30. The van der Waals surface area contributed by atoms with Gasteiger partial charge < -0.3 is 14.7 Å². The lowest BCUT2D eigenvalue weighted by Gasteiger charge is -2.27. The molecule has 1 aliphatic rings. The molecule has 5 heteroatoms. The monoisotopic (exact) mass is 319 g/mol. The summed E-state index contributed by atoms with van der Waals surface area (Å²) in [5.41, 5.74) is 1.53. The molecule has 1 amide bonds. The number of aliphatic carboxylic acids is 1. The van der Waals surface area contributed by atoms with E-state index < -0.39 is 11.6 Å². The van der Waals surface area contributed by atoms with Gasteiger partial charge in [0.2, 0.25) is 0 Å². The summed E-state index contributed by atoms with van der Waals surface area (Å²) in [5, 5.41) is 8.71. The van der Waals surface area contributed by atoms with Crippen molar-refractivity contribution in [1.29, 1.82) is 0 Å². The number of nitrogens with zero attached hydrogens (tertiary/aromatic N) is 1. The summed E-state index contributed by atoms with van der Waals surface area (Å²) in [6.45, 7) is 6.13. The van der Waals surface area contributed by atoms with E-state index in [1.54, 1.807) is 4.90 Å². The van der Waals surface area contributed by atoms with Crippen LogP contribution < -0.4 is 0 Å². The van der Waals surface area contributed by atoms with Crippen molar-refractivity contribution in [3.8, 4) is 0 Å². The number of aryl methyl sites for hydroxylation is 1. The van der Waals surface area contributed by atoms with Crippen LogP contribution in [0.3, 0.4) is 0 Å². The minimum Gasteiger partial charge on any atom is -0.481 e. The summed E-state index contributed by atoms with van der Waals surface area (Å²) in [4.78, 5) is 24.7. The number of hydrogen-bond acceptors (Lipinski definition) is 3. The van der Waals surface area contributed by atoms with E-state index in [0.29, 0.717) is 13.0 Å². The summed E-state index contributed by atoms with van der Waals surface area (Å²) < 4.78 is 5.48. The molecule has 1 N–H and O–H groups in total. The molecule has 5 nitrogen and oxygen atoms in total. The second-order valence-corrected chi connectivity index (χ2v) is 7.05. The molecular formula is C18H25NO4. The summed E-state index contributed by atoms with van der Waals surface area (Å²) in [7, 11) is 0. The van der Waals surface area contributed by atoms with E-state index >= 15 is 0 Å². The summed E-state index contributed by atoms with van der Waals surface area (Å²) in [5.74, 6) is -0.793. The molecule has 2 rings (SSSR count). The second kappa shape index (κ2) is 7.02. The maximum Gasteiger partial charge on any atom is 0.410 e. The second-order valence-electron chi connectivity index (χ2n) is 7.05. The van der Waals surface area contributed by atoms with Gasteiger partial charge in [-0.15, -0.1) is 0 Å². The molecule has 1 fully saturated rings. The van der Waals surface area contributed by atoms with Crippen LogP contribution in [0, 0.1) is 0 Å². The Labute approximate surface area is 137 Å². The van der Waals surface area contributed by atoms with Gasteiger partial charge >= 0.3 is 12.1 Å². The molecule has 0 aliphatic heterocycles. The van der Waals surface area contributed by atoms with Gasteiger partial charge in [0.1, 0.15) is 5.60 Å². The van der Waals surface area contributed by atoms with Gasteiger partial charge in [-0.1, -0.05) is 24.3 Å². The maximum absolute atomic E-state index is 12.3. The molecular weight excluding hydrogens is 294 g/mol. The van der Waals surface area contributed by atoms with Gasteiger partial charge in [-0.05, 0) is 51.2 Å². The Morgan fingerprint density at radius 2 is 1.74 bits per heavy atom. The lowest BCUT2D eigenvalue weighted by atomic mass is 10.1. The van der Waals surface area contributed by atoms with Crippen molar-refractivity contribution in [1.82, 2.24) is 4.90 Å². The van der Waals surface area contributed by atoms with Crippen molar-refractivity contribution < 1.29 is 19.4 Å². The SMILES string of the molecule is CC(C)(C)OC(=O)N(Cc1ccc(CCC(=O)O)cc1)C1CC1. The van der Waals surface area contributed by atoms with Crippen LogP contribution in [0.5, 0.6) is 0 Å². The smallest absolute Gasteiger partial charge is 0.410 e. The first kappa shape index (κ1) is 17.3. The molecule has 0 saturated heterocycles. The van der Waals surface area contributed by atoms with Crippen molar-refractivity contribution in [2.24, 2.45) is 0 Å². The van der Waals surface area contributed by atoms with Crippen molar-refractivity contribution in [3.63, 3.8) is 0 Å². The van der Waals surface area contributed by atoms with Gasteiger partial charge in [-0.2, -0.15) is 0 Å². The van der Waals surface area contributed by atoms with E-state index in [9.17, 15) is 9.59 Å². The Morgan fingerprint density at radius 3 is 2.22 bits per heavy atom. The van der Waals surface area contributed by atoms with Crippen LogP contribution in [0.2, 0.25) is 0 Å². The van der Waals surface area contributed by atoms with E-state index in [-0.39, 0.29) is 18.6 Å². The highest BCUT2D eigenvalue weighted by Gasteiger charge is 2.35. The van der Waals surface area contributed by atoms with Gasteiger partial charge in [-0.3, -0.25) is 4.79 Å². The molecule has 1 saturated carbocycles. The fourth-order valence-electron chi connectivity index (χ4n) is 2.31. The highest BCUT2D eigenvalue weighted by molar-refractivity contribution is 5.69. The number of carboxylic acids is 1. The van der Waals surface area contributed by atoms with Gasteiger partial charge in [0.15, 0.2) is 0 Å². The predicted molar refractivity (Wildman–Crippen MR) is 87.2 cm³/mol. The molecule has 1 aromatic carbocycles. The molecule has 1 aromatic rings. The predicted octanol–water partition coefficient (Wildman–Crippen LogP) is 3.60. The zero-order valence-corrected chi connectivity index (χ0v) is 14.0. The molecule has 0 heterocycles. The van der Waals surface area contributed by atoms with Gasteiger partial charge in [0, 0.05) is 19.0 Å². The summed E-state index contributed by atoms with van der Waals surface area (Å²) >= 11 is 0. The van der Waals surface area contributed by atoms with Gasteiger partial charge in [0.25, 0.3) is 0 Å². The number of hydrogen-bond donors (Lipinski definition) is 1. The number of carboxylic acid groups (broad SMARTS) is 1. The zero-order valence-electron chi connectivity index (χ0n) is 14.0. The van der Waals surface area contributed by atoms with Gasteiger partial charge in [0.05, 0.1) is 0 Å². The first-order valence-corrected chi connectivity index (χ1v) is 8.04. The molecule has 0 bridgehead atoms. The Bertz CT molecular complexity index is 555. The number of amides is 1. The van der Waals surface area contributed by atoms with Crippen molar-refractivity contribution >= 4 is 12.1 Å². The standard InChI is InChI=1S/C18H25NO4/c1-18(2,3)23-17(22)19(15-9-10-15)12-14-6-4-13(5-7-14)8-11-16(20)21/h4-7,15H,8-12H2,1-3H3,(H,20,21). The van der Waals surface area contributed by atoms with E-state index in [0.717, 1.165) is 24.0 Å². The normalized spacial score (nSPS) is 14.4. The lowest BCUT2D eigenvalue weighted by Crippen LogP contribution is -2.37. The Hall–Kier alpha value is -2.04. The van der Waals surface area contributed by atoms with Crippen LogP contribution in [0.15, 0.2) is 24.3 Å². The fourth-order valence-corrected chi connectivity index (χ4v) is 2.31. The van der Waals surface area contributed by atoms with E-state index in [1.807, 2.05) is 45.0 Å². The summed E-state index contributed by atoms with van der Waals surface area (Å²) in [6.07, 6.45) is 2.43. The van der Waals surface area contributed by atoms with Crippen LogP contribution in [0.25, 0.3) is 0 Å². The van der Waals surface area contributed by atoms with Crippen molar-refractivity contribution in [2.45, 2.75) is 64.6 Å². The fraction of sp³-hybridized carbons (Fsp3) is 0.556.